The first-order chi connectivity index (χ1) is 15.6. The minimum Gasteiger partial charge on any atom is -0.234 e. The third-order valence-corrected chi connectivity index (χ3v) is 4.68. The van der Waals surface area contributed by atoms with Crippen molar-refractivity contribution in [1.29, 1.82) is 31.6 Å². The van der Waals surface area contributed by atoms with Crippen molar-refractivity contribution < 1.29 is 0 Å². The fourth-order valence-corrected chi connectivity index (χ4v) is 3.31. The highest BCUT2D eigenvalue weighted by Gasteiger charge is 2.24. The predicted octanol–water partition coefficient (Wildman–Crippen LogP) is 2.05. The maximum absolute atomic E-state index is 9.54. The van der Waals surface area contributed by atoms with Crippen LogP contribution in [0.15, 0.2) is 16.6 Å². The fraction of sp³-hybridized carbons (Fsp3) is 0.0952. The Balaban J connectivity index is 2.32. The molecule has 11 nitrogen and oxygen atoms in total. The Hall–Kier alpha value is -5.75. The maximum Gasteiger partial charge on any atom is 0.177 e. The highest BCUT2D eigenvalue weighted by atomic mass is 14.9. The summed E-state index contributed by atoms with van der Waals surface area (Å²) in [4.78, 5) is 21.3. The van der Waals surface area contributed by atoms with Crippen molar-refractivity contribution in [3.05, 3.63) is 40.0 Å². The van der Waals surface area contributed by atoms with E-state index < -0.39 is 0 Å². The fourth-order valence-electron chi connectivity index (χ4n) is 3.31. The van der Waals surface area contributed by atoms with Gasteiger partial charge in [-0.1, -0.05) is 6.08 Å². The zero-order chi connectivity index (χ0) is 22.8. The van der Waals surface area contributed by atoms with Crippen molar-refractivity contribution in [2.75, 3.05) is 0 Å². The number of fused-ring (bicyclic) bond motifs is 6. The molecule has 1 aliphatic heterocycles. The van der Waals surface area contributed by atoms with Gasteiger partial charge in [-0.05, 0) is 12.8 Å². The summed E-state index contributed by atoms with van der Waals surface area (Å²) in [7, 11) is 0. The largest absolute Gasteiger partial charge is 0.234 e. The predicted molar refractivity (Wildman–Crippen MR) is 106 cm³/mol. The van der Waals surface area contributed by atoms with Gasteiger partial charge in [0.15, 0.2) is 28.5 Å². The van der Waals surface area contributed by atoms with Gasteiger partial charge < -0.3 is 0 Å². The van der Waals surface area contributed by atoms with Crippen molar-refractivity contribution in [2.24, 2.45) is 4.99 Å². The van der Waals surface area contributed by atoms with E-state index in [0.29, 0.717) is 18.4 Å². The molecule has 0 aliphatic carbocycles. The minimum atomic E-state index is -0.265. The van der Waals surface area contributed by atoms with Crippen LogP contribution >= 0.6 is 0 Å². The first kappa shape index (κ1) is 19.6. The van der Waals surface area contributed by atoms with Crippen LogP contribution in [0.25, 0.3) is 22.1 Å². The van der Waals surface area contributed by atoms with E-state index in [1.54, 1.807) is 18.2 Å². The lowest BCUT2D eigenvalue weighted by atomic mass is 9.98. The zero-order valence-electron chi connectivity index (χ0n) is 15.9. The number of nitriles is 6. The van der Waals surface area contributed by atoms with Crippen LogP contribution in [0.1, 0.15) is 34.8 Å². The average molecular weight is 411 g/mol. The molecule has 0 fully saturated rings. The molecule has 4 rings (SSSR count). The van der Waals surface area contributed by atoms with Crippen molar-refractivity contribution in [2.45, 2.75) is 12.8 Å². The summed E-state index contributed by atoms with van der Waals surface area (Å²) in [6.07, 6.45) is 2.20. The molecular weight excluding hydrogens is 406 g/mol. The van der Waals surface area contributed by atoms with Gasteiger partial charge in [0.05, 0.1) is 16.8 Å². The molecule has 0 atom stereocenters. The Kier molecular flexibility index (Phi) is 4.64. The Morgan fingerprint density at radius 2 is 1.09 bits per heavy atom. The first-order valence-electron chi connectivity index (χ1n) is 8.88. The van der Waals surface area contributed by atoms with Gasteiger partial charge in [-0.3, -0.25) is 0 Å². The van der Waals surface area contributed by atoms with Crippen LogP contribution in [0, 0.1) is 68.0 Å². The maximum atomic E-state index is 9.54. The smallest absolute Gasteiger partial charge is 0.177 e. The molecule has 32 heavy (non-hydrogen) atoms. The molecule has 0 saturated heterocycles. The van der Waals surface area contributed by atoms with E-state index in [2.05, 4.69) is 24.9 Å². The number of rotatable bonds is 0. The van der Waals surface area contributed by atoms with Gasteiger partial charge >= 0.3 is 0 Å². The average Bonchev–Trinajstić information content (AvgIpc) is 2.82. The van der Waals surface area contributed by atoms with Crippen LogP contribution in [0.2, 0.25) is 0 Å². The molecule has 2 aromatic heterocycles. The number of hydrogen-bond acceptors (Lipinski definition) is 11. The van der Waals surface area contributed by atoms with Crippen LogP contribution < -0.4 is 0 Å². The van der Waals surface area contributed by atoms with Crippen LogP contribution in [-0.2, 0) is 6.42 Å². The summed E-state index contributed by atoms with van der Waals surface area (Å²) in [6.45, 7) is 0. The van der Waals surface area contributed by atoms with Crippen LogP contribution in [-0.4, -0.2) is 25.6 Å². The van der Waals surface area contributed by atoms with Crippen LogP contribution in [0.4, 0.5) is 5.69 Å². The highest BCUT2D eigenvalue weighted by Crippen LogP contribution is 2.38. The Bertz CT molecular complexity index is 1680. The normalized spacial score (nSPS) is 15.6. The topological polar surface area (TPSA) is 207 Å². The second kappa shape index (κ2) is 7.58. The quantitative estimate of drug-likeness (QED) is 0.491. The third-order valence-electron chi connectivity index (χ3n) is 4.68. The van der Waals surface area contributed by atoms with Gasteiger partial charge in [0.25, 0.3) is 0 Å². The lowest BCUT2D eigenvalue weighted by molar-refractivity contribution is 0.995. The SMILES string of the molecule is N#CC1=C/CCc2c(c3nc(C#N)c(C#N)nc3c3nc(C#N)c(C#N)nc23)/N=C\1C#N. The van der Waals surface area contributed by atoms with Gasteiger partial charge in [-0.15, -0.1) is 0 Å². The van der Waals surface area contributed by atoms with E-state index in [1.165, 1.54) is 0 Å². The molecule has 0 radical (unpaired) electrons. The molecule has 0 amide bonds. The van der Waals surface area contributed by atoms with E-state index >= 15 is 0 Å². The first-order valence-corrected chi connectivity index (χ1v) is 8.88. The van der Waals surface area contributed by atoms with Crippen molar-refractivity contribution in [3.63, 3.8) is 0 Å². The summed E-state index contributed by atoms with van der Waals surface area (Å²) >= 11 is 0. The Morgan fingerprint density at radius 3 is 1.59 bits per heavy atom. The van der Waals surface area contributed by atoms with E-state index in [4.69, 9.17) is 0 Å². The van der Waals surface area contributed by atoms with Gasteiger partial charge in [-0.25, -0.2) is 24.9 Å². The minimum absolute atomic E-state index is 0.0342. The van der Waals surface area contributed by atoms with Crippen molar-refractivity contribution in [3.8, 4) is 36.4 Å². The number of hydrogen-bond donors (Lipinski definition) is 0. The number of aryl methyl sites for hydroxylation is 1. The Morgan fingerprint density at radius 1 is 0.594 bits per heavy atom. The molecule has 11 heteroatoms. The van der Waals surface area contributed by atoms with Crippen LogP contribution in [0.5, 0.6) is 0 Å². The number of allylic oxidation sites excluding steroid dienone is 2. The number of nitrogens with zero attached hydrogens (tertiary/aromatic N) is 11. The molecule has 0 unspecified atom stereocenters. The standard InChI is InChI=1S/C21H5N11/c22-4-10-2-1-3-11-17(28-12(10)5-23)19-21(32-16(9-27)15(8-26)31-19)20-18(11)29-13(6-24)14(7-25)30-20/h2H,1,3H2/b10-2-,28-12-. The summed E-state index contributed by atoms with van der Waals surface area (Å²) in [5.41, 5.74) is -0.0151. The second-order valence-corrected chi connectivity index (χ2v) is 6.35. The van der Waals surface area contributed by atoms with E-state index in [-0.39, 0.29) is 61.8 Å². The van der Waals surface area contributed by atoms with Gasteiger partial charge in [-0.2, -0.15) is 31.6 Å². The second-order valence-electron chi connectivity index (χ2n) is 6.35. The number of aliphatic imine (C=N–C) groups is 1. The Labute approximate surface area is 179 Å². The van der Waals surface area contributed by atoms with Gasteiger partial charge in [0, 0.05) is 5.56 Å². The van der Waals surface area contributed by atoms with Crippen molar-refractivity contribution >= 4 is 33.5 Å². The molecule has 1 aliphatic rings. The monoisotopic (exact) mass is 411 g/mol. The van der Waals surface area contributed by atoms with Gasteiger partial charge in [0.2, 0.25) is 0 Å². The summed E-state index contributed by atoms with van der Waals surface area (Å²) < 4.78 is 0. The molecule has 3 heterocycles. The molecule has 0 N–H and O–H groups in total. The van der Waals surface area contributed by atoms with Crippen molar-refractivity contribution in [1.82, 2.24) is 19.9 Å². The summed E-state index contributed by atoms with van der Waals surface area (Å²) in [6, 6.07) is 11.0. The third kappa shape index (κ3) is 2.81. The summed E-state index contributed by atoms with van der Waals surface area (Å²) in [5.74, 6) is 0. The number of aromatic nitrogens is 4. The zero-order valence-corrected chi connectivity index (χ0v) is 15.9. The van der Waals surface area contributed by atoms with Crippen LogP contribution in [0.3, 0.4) is 0 Å². The van der Waals surface area contributed by atoms with E-state index in [0.717, 1.165) is 0 Å². The van der Waals surface area contributed by atoms with Gasteiger partial charge in [0.1, 0.15) is 53.0 Å². The molecule has 3 aromatic rings. The molecular formula is C21H5N11. The summed E-state index contributed by atoms with van der Waals surface area (Å²) in [5, 5.41) is 56.5. The molecule has 0 bridgehead atoms. The highest BCUT2D eigenvalue weighted by molar-refractivity contribution is 6.17. The van der Waals surface area contributed by atoms with E-state index in [1.807, 2.05) is 24.3 Å². The van der Waals surface area contributed by atoms with E-state index in [9.17, 15) is 31.6 Å². The molecule has 0 saturated carbocycles. The molecule has 0 spiro atoms. The lowest BCUT2D eigenvalue weighted by Gasteiger charge is -2.15. The molecule has 144 valence electrons. The molecule has 1 aromatic carbocycles. The number of benzene rings is 1. The lowest BCUT2D eigenvalue weighted by Crippen LogP contribution is -2.07.